The minimum absolute atomic E-state index is 0.0562. The molecule has 114 valence electrons. The number of amides is 1. The highest BCUT2D eigenvalue weighted by Crippen LogP contribution is 2.19. The fourth-order valence-corrected chi connectivity index (χ4v) is 2.04. The molecule has 0 fully saturated rings. The Hall–Kier alpha value is -2.33. The summed E-state index contributed by atoms with van der Waals surface area (Å²) in [6, 6.07) is 13.6. The lowest BCUT2D eigenvalue weighted by atomic mass is 10.1. The van der Waals surface area contributed by atoms with Crippen LogP contribution in [-0.4, -0.2) is 17.8 Å². The lowest BCUT2D eigenvalue weighted by molar-refractivity contribution is -0.122. The number of ketones is 1. The number of anilines is 1. The highest BCUT2D eigenvalue weighted by atomic mass is 35.5. The molecule has 1 N–H and O–H groups in total. The highest BCUT2D eigenvalue weighted by Gasteiger charge is 2.15. The molecule has 22 heavy (non-hydrogen) atoms. The number of nitrogens with one attached hydrogen (secondary N) is 1. The van der Waals surface area contributed by atoms with Crippen molar-refractivity contribution in [2.24, 2.45) is 0 Å². The van der Waals surface area contributed by atoms with E-state index in [-0.39, 0.29) is 11.7 Å². The molecule has 0 saturated carbocycles. The number of rotatable bonds is 5. The molecule has 0 aromatic heterocycles. The Morgan fingerprint density at radius 1 is 1.14 bits per heavy atom. The summed E-state index contributed by atoms with van der Waals surface area (Å²) < 4.78 is 5.54. The molecule has 1 atom stereocenters. The molecule has 0 bridgehead atoms. The zero-order valence-corrected chi connectivity index (χ0v) is 13.1. The van der Waals surface area contributed by atoms with Crippen LogP contribution in [0.2, 0.25) is 5.02 Å². The van der Waals surface area contributed by atoms with Crippen LogP contribution in [0.5, 0.6) is 5.75 Å². The Morgan fingerprint density at radius 3 is 2.55 bits per heavy atom. The maximum Gasteiger partial charge on any atom is 0.265 e. The molecule has 0 radical (unpaired) electrons. The predicted molar refractivity (Wildman–Crippen MR) is 86.6 cm³/mol. The topological polar surface area (TPSA) is 55.4 Å². The van der Waals surface area contributed by atoms with Crippen molar-refractivity contribution in [3.05, 3.63) is 59.1 Å². The highest BCUT2D eigenvalue weighted by molar-refractivity contribution is 6.30. The van der Waals surface area contributed by atoms with E-state index < -0.39 is 6.10 Å². The van der Waals surface area contributed by atoms with Crippen LogP contribution in [0, 0.1) is 0 Å². The number of hydrogen-bond acceptors (Lipinski definition) is 3. The van der Waals surface area contributed by atoms with Crippen molar-refractivity contribution in [1.82, 2.24) is 0 Å². The van der Waals surface area contributed by atoms with Crippen molar-refractivity contribution >= 4 is 29.0 Å². The van der Waals surface area contributed by atoms with Gasteiger partial charge in [-0.3, -0.25) is 9.59 Å². The fraction of sp³-hybridized carbons (Fsp3) is 0.176. The zero-order valence-electron chi connectivity index (χ0n) is 12.3. The molecule has 0 spiro atoms. The van der Waals surface area contributed by atoms with E-state index >= 15 is 0 Å². The van der Waals surface area contributed by atoms with E-state index in [1.807, 2.05) is 0 Å². The van der Waals surface area contributed by atoms with E-state index in [1.165, 1.54) is 6.92 Å². The van der Waals surface area contributed by atoms with Crippen molar-refractivity contribution in [1.29, 1.82) is 0 Å². The van der Waals surface area contributed by atoms with Crippen LogP contribution >= 0.6 is 11.6 Å². The lowest BCUT2D eigenvalue weighted by Crippen LogP contribution is -2.30. The largest absolute Gasteiger partial charge is 0.481 e. The molecule has 2 aromatic rings. The van der Waals surface area contributed by atoms with E-state index in [0.29, 0.717) is 22.0 Å². The SMILES string of the molecule is CC(=O)c1cccc(NC(=O)[C@H](C)Oc2cccc(Cl)c2)c1. The maximum atomic E-state index is 12.1. The molecule has 0 saturated heterocycles. The van der Waals surface area contributed by atoms with E-state index in [0.717, 1.165) is 0 Å². The second kappa shape index (κ2) is 7.09. The first-order valence-corrected chi connectivity index (χ1v) is 7.17. The van der Waals surface area contributed by atoms with E-state index in [1.54, 1.807) is 55.5 Å². The van der Waals surface area contributed by atoms with Gasteiger partial charge in [-0.1, -0.05) is 29.8 Å². The summed E-state index contributed by atoms with van der Waals surface area (Å²) in [6.45, 7) is 3.12. The van der Waals surface area contributed by atoms with Crippen molar-refractivity contribution in [3.63, 3.8) is 0 Å². The van der Waals surface area contributed by atoms with Gasteiger partial charge in [0.15, 0.2) is 11.9 Å². The molecule has 2 aromatic carbocycles. The van der Waals surface area contributed by atoms with Gasteiger partial charge in [-0.15, -0.1) is 0 Å². The first-order valence-electron chi connectivity index (χ1n) is 6.80. The summed E-state index contributed by atoms with van der Waals surface area (Å²) in [5, 5.41) is 3.26. The number of benzene rings is 2. The number of carbonyl (C=O) groups excluding carboxylic acids is 2. The standard InChI is InChI=1S/C17H16ClNO3/c1-11(20)13-5-3-7-15(9-13)19-17(21)12(2)22-16-8-4-6-14(18)10-16/h3-10,12H,1-2H3,(H,19,21)/t12-/m0/s1. The van der Waals surface area contributed by atoms with E-state index in [9.17, 15) is 9.59 Å². The average Bonchev–Trinajstić information content (AvgIpc) is 2.47. The Balaban J connectivity index is 2.02. The summed E-state index contributed by atoms with van der Waals surface area (Å²) in [5.41, 5.74) is 1.10. The Bertz CT molecular complexity index is 700. The number of hydrogen-bond donors (Lipinski definition) is 1. The van der Waals surface area contributed by atoms with Crippen molar-refractivity contribution in [3.8, 4) is 5.75 Å². The zero-order chi connectivity index (χ0) is 16.1. The van der Waals surface area contributed by atoms with Crippen LogP contribution in [0.1, 0.15) is 24.2 Å². The van der Waals surface area contributed by atoms with Crippen LogP contribution in [0.4, 0.5) is 5.69 Å². The van der Waals surface area contributed by atoms with Gasteiger partial charge in [-0.25, -0.2) is 0 Å². The molecule has 2 rings (SSSR count). The Labute approximate surface area is 134 Å². The molecular formula is C17H16ClNO3. The summed E-state index contributed by atoms with van der Waals surface area (Å²) in [4.78, 5) is 23.5. The van der Waals surface area contributed by atoms with Crippen LogP contribution in [0.3, 0.4) is 0 Å². The predicted octanol–water partition coefficient (Wildman–Crippen LogP) is 3.95. The monoisotopic (exact) mass is 317 g/mol. The first kappa shape index (κ1) is 16.0. The van der Waals surface area contributed by atoms with Crippen LogP contribution in [-0.2, 0) is 4.79 Å². The van der Waals surface area contributed by atoms with Gasteiger partial charge in [-0.05, 0) is 44.2 Å². The van der Waals surface area contributed by atoms with Gasteiger partial charge < -0.3 is 10.1 Å². The van der Waals surface area contributed by atoms with Crippen molar-refractivity contribution in [2.45, 2.75) is 20.0 Å². The lowest BCUT2D eigenvalue weighted by Gasteiger charge is -2.15. The molecule has 0 unspecified atom stereocenters. The molecule has 4 nitrogen and oxygen atoms in total. The van der Waals surface area contributed by atoms with Gasteiger partial charge in [0.2, 0.25) is 0 Å². The van der Waals surface area contributed by atoms with Crippen LogP contribution < -0.4 is 10.1 Å². The fourth-order valence-electron chi connectivity index (χ4n) is 1.86. The Morgan fingerprint density at radius 2 is 1.86 bits per heavy atom. The van der Waals surface area contributed by atoms with Gasteiger partial charge in [-0.2, -0.15) is 0 Å². The second-order valence-corrected chi connectivity index (χ2v) is 5.28. The maximum absolute atomic E-state index is 12.1. The molecular weight excluding hydrogens is 302 g/mol. The second-order valence-electron chi connectivity index (χ2n) is 4.84. The normalized spacial score (nSPS) is 11.6. The minimum Gasteiger partial charge on any atom is -0.481 e. The van der Waals surface area contributed by atoms with Crippen LogP contribution in [0.15, 0.2) is 48.5 Å². The molecule has 5 heteroatoms. The third-order valence-electron chi connectivity index (χ3n) is 3.01. The van der Waals surface area contributed by atoms with Gasteiger partial charge >= 0.3 is 0 Å². The first-order chi connectivity index (χ1) is 10.5. The van der Waals surface area contributed by atoms with E-state index in [2.05, 4.69) is 5.32 Å². The van der Waals surface area contributed by atoms with Crippen molar-refractivity contribution in [2.75, 3.05) is 5.32 Å². The third-order valence-corrected chi connectivity index (χ3v) is 3.25. The van der Waals surface area contributed by atoms with Gasteiger partial charge in [0.05, 0.1) is 0 Å². The summed E-state index contributed by atoms with van der Waals surface area (Å²) >= 11 is 5.87. The van der Waals surface area contributed by atoms with E-state index in [4.69, 9.17) is 16.3 Å². The van der Waals surface area contributed by atoms with Gasteiger partial charge in [0, 0.05) is 16.3 Å². The number of ether oxygens (including phenoxy) is 1. The smallest absolute Gasteiger partial charge is 0.265 e. The number of halogens is 1. The minimum atomic E-state index is -0.695. The quantitative estimate of drug-likeness (QED) is 0.850. The summed E-state index contributed by atoms with van der Waals surface area (Å²) in [5.74, 6) is 0.160. The molecule has 0 heterocycles. The van der Waals surface area contributed by atoms with Crippen LogP contribution in [0.25, 0.3) is 0 Å². The molecule has 0 aliphatic rings. The summed E-state index contributed by atoms with van der Waals surface area (Å²) in [6.07, 6.45) is -0.695. The summed E-state index contributed by atoms with van der Waals surface area (Å²) in [7, 11) is 0. The number of carbonyl (C=O) groups is 2. The van der Waals surface area contributed by atoms with Gasteiger partial charge in [0.25, 0.3) is 5.91 Å². The molecule has 0 aliphatic heterocycles. The molecule has 1 amide bonds. The Kier molecular flexibility index (Phi) is 5.17. The number of Topliss-reactive ketones (excluding diaryl/α,β-unsaturated/α-hetero) is 1. The average molecular weight is 318 g/mol. The van der Waals surface area contributed by atoms with Gasteiger partial charge in [0.1, 0.15) is 5.75 Å². The van der Waals surface area contributed by atoms with Crippen molar-refractivity contribution < 1.29 is 14.3 Å². The molecule has 0 aliphatic carbocycles. The third kappa shape index (κ3) is 4.33.